The van der Waals surface area contributed by atoms with Crippen LogP contribution in [0.2, 0.25) is 0 Å². The third-order valence-electron chi connectivity index (χ3n) is 3.86. The molecule has 1 atom stereocenters. The van der Waals surface area contributed by atoms with E-state index >= 15 is 0 Å². The maximum Gasteiger partial charge on any atom is 0.249 e. The average Bonchev–Trinajstić information content (AvgIpc) is 2.61. The molecule has 2 fully saturated rings. The number of nitrogens with zero attached hydrogens (tertiary/aromatic N) is 1. The quantitative estimate of drug-likeness (QED) is 0.719. The van der Waals surface area contributed by atoms with E-state index in [2.05, 4.69) is 24.1 Å². The summed E-state index contributed by atoms with van der Waals surface area (Å²) in [4.78, 5) is 14.4. The molecular weight excluding hydrogens is 200 g/mol. The van der Waals surface area contributed by atoms with E-state index in [1.54, 1.807) is 0 Å². The highest BCUT2D eigenvalue weighted by Gasteiger charge is 2.32. The highest BCUT2D eigenvalue weighted by atomic mass is 16.2. The standard InChI is InChI=1S/C13H22N2O/c1-9(2)12-5-4-6-15(12)13(16)10(3)11-7-14-8-11/h9,12,14H,4-8H2,1-3H3. The second-order valence-corrected chi connectivity index (χ2v) is 5.28. The maximum atomic E-state index is 12.3. The van der Waals surface area contributed by atoms with Crippen molar-refractivity contribution in [1.82, 2.24) is 10.2 Å². The van der Waals surface area contributed by atoms with Crippen molar-refractivity contribution in [2.24, 2.45) is 5.92 Å². The topological polar surface area (TPSA) is 32.3 Å². The molecule has 3 heteroatoms. The summed E-state index contributed by atoms with van der Waals surface area (Å²) in [5, 5.41) is 3.19. The van der Waals surface area contributed by atoms with Crippen molar-refractivity contribution in [3.8, 4) is 0 Å². The second kappa shape index (κ2) is 4.58. The molecule has 0 bridgehead atoms. The van der Waals surface area contributed by atoms with Crippen LogP contribution in [-0.4, -0.2) is 36.5 Å². The summed E-state index contributed by atoms with van der Waals surface area (Å²) in [5.74, 6) is 0.844. The predicted octanol–water partition coefficient (Wildman–Crippen LogP) is 1.55. The first kappa shape index (κ1) is 11.6. The van der Waals surface area contributed by atoms with E-state index in [0.717, 1.165) is 31.6 Å². The molecule has 1 amide bonds. The molecule has 0 saturated carbocycles. The first-order chi connectivity index (χ1) is 7.61. The molecule has 0 spiro atoms. The van der Waals surface area contributed by atoms with E-state index in [4.69, 9.17) is 0 Å². The van der Waals surface area contributed by atoms with E-state index in [9.17, 15) is 4.79 Å². The third kappa shape index (κ3) is 2.01. The van der Waals surface area contributed by atoms with Crippen LogP contribution in [0.5, 0.6) is 0 Å². The van der Waals surface area contributed by atoms with Gasteiger partial charge in [-0.25, -0.2) is 0 Å². The Bertz CT molecular complexity index is 314. The molecule has 0 aliphatic carbocycles. The lowest BCUT2D eigenvalue weighted by molar-refractivity contribution is -0.128. The molecule has 2 aliphatic rings. The molecule has 2 aliphatic heterocycles. The van der Waals surface area contributed by atoms with Gasteiger partial charge in [0.25, 0.3) is 0 Å². The summed E-state index contributed by atoms with van der Waals surface area (Å²) in [5.41, 5.74) is 2.27. The van der Waals surface area contributed by atoms with Crippen LogP contribution < -0.4 is 5.32 Å². The van der Waals surface area contributed by atoms with Crippen LogP contribution in [-0.2, 0) is 4.79 Å². The van der Waals surface area contributed by atoms with Crippen molar-refractivity contribution < 1.29 is 4.79 Å². The van der Waals surface area contributed by atoms with Crippen molar-refractivity contribution in [2.45, 2.75) is 39.7 Å². The lowest BCUT2D eigenvalue weighted by atomic mass is 9.99. The van der Waals surface area contributed by atoms with Crippen LogP contribution in [0.3, 0.4) is 0 Å². The van der Waals surface area contributed by atoms with Gasteiger partial charge < -0.3 is 10.2 Å². The van der Waals surface area contributed by atoms with Gasteiger partial charge in [0, 0.05) is 31.2 Å². The minimum absolute atomic E-state index is 0.271. The highest BCUT2D eigenvalue weighted by Crippen LogP contribution is 2.26. The zero-order valence-electron chi connectivity index (χ0n) is 10.5. The summed E-state index contributed by atoms with van der Waals surface area (Å²) in [6.45, 7) is 9.15. The highest BCUT2D eigenvalue weighted by molar-refractivity contribution is 5.94. The Hall–Kier alpha value is -0.830. The first-order valence-corrected chi connectivity index (χ1v) is 6.31. The molecule has 0 aromatic rings. The molecule has 2 heterocycles. The minimum atomic E-state index is 0.271. The van der Waals surface area contributed by atoms with Crippen molar-refractivity contribution in [3.63, 3.8) is 0 Å². The van der Waals surface area contributed by atoms with E-state index in [1.807, 2.05) is 6.92 Å². The molecule has 3 nitrogen and oxygen atoms in total. The molecule has 2 rings (SSSR count). The summed E-state index contributed by atoms with van der Waals surface area (Å²) in [7, 11) is 0. The van der Waals surface area contributed by atoms with Gasteiger partial charge in [-0.05, 0) is 31.3 Å². The van der Waals surface area contributed by atoms with Crippen LogP contribution in [0.4, 0.5) is 0 Å². The summed E-state index contributed by atoms with van der Waals surface area (Å²) in [6, 6.07) is 0.455. The molecule has 0 aromatic heterocycles. The fraction of sp³-hybridized carbons (Fsp3) is 0.769. The SMILES string of the molecule is CC(C(=O)N1CCCC1C(C)C)=C1CNC1. The number of hydrogen-bond donors (Lipinski definition) is 1. The van der Waals surface area contributed by atoms with E-state index < -0.39 is 0 Å². The van der Waals surface area contributed by atoms with Gasteiger partial charge in [-0.15, -0.1) is 0 Å². The molecule has 2 saturated heterocycles. The van der Waals surface area contributed by atoms with Gasteiger partial charge in [0.1, 0.15) is 0 Å². The fourth-order valence-electron chi connectivity index (χ4n) is 2.62. The van der Waals surface area contributed by atoms with Crippen molar-refractivity contribution in [3.05, 3.63) is 11.1 Å². The zero-order valence-corrected chi connectivity index (χ0v) is 10.5. The Morgan fingerprint density at radius 3 is 2.62 bits per heavy atom. The Balaban J connectivity index is 2.09. The van der Waals surface area contributed by atoms with Crippen LogP contribution in [0, 0.1) is 5.92 Å². The lowest BCUT2D eigenvalue weighted by Gasteiger charge is -2.30. The molecule has 1 N–H and O–H groups in total. The number of rotatable bonds is 2. The Morgan fingerprint density at radius 1 is 1.44 bits per heavy atom. The van der Waals surface area contributed by atoms with Gasteiger partial charge in [-0.2, -0.15) is 0 Å². The Kier molecular flexibility index (Phi) is 3.33. The van der Waals surface area contributed by atoms with Gasteiger partial charge in [-0.3, -0.25) is 4.79 Å². The third-order valence-corrected chi connectivity index (χ3v) is 3.86. The summed E-state index contributed by atoms with van der Waals surface area (Å²) < 4.78 is 0. The Morgan fingerprint density at radius 2 is 2.12 bits per heavy atom. The number of nitrogens with one attached hydrogen (secondary N) is 1. The van der Waals surface area contributed by atoms with Gasteiger partial charge in [-0.1, -0.05) is 13.8 Å². The van der Waals surface area contributed by atoms with Gasteiger partial charge in [0.2, 0.25) is 5.91 Å². The second-order valence-electron chi connectivity index (χ2n) is 5.28. The van der Waals surface area contributed by atoms with Crippen molar-refractivity contribution in [1.29, 1.82) is 0 Å². The van der Waals surface area contributed by atoms with Crippen LogP contribution >= 0.6 is 0 Å². The van der Waals surface area contributed by atoms with Crippen molar-refractivity contribution in [2.75, 3.05) is 19.6 Å². The normalized spacial score (nSPS) is 24.9. The lowest BCUT2D eigenvalue weighted by Crippen LogP contribution is -2.42. The summed E-state index contributed by atoms with van der Waals surface area (Å²) >= 11 is 0. The van der Waals surface area contributed by atoms with E-state index in [-0.39, 0.29) is 5.91 Å². The van der Waals surface area contributed by atoms with Crippen LogP contribution in [0.1, 0.15) is 33.6 Å². The summed E-state index contributed by atoms with van der Waals surface area (Å²) in [6.07, 6.45) is 2.33. The largest absolute Gasteiger partial charge is 0.336 e. The first-order valence-electron chi connectivity index (χ1n) is 6.31. The maximum absolute atomic E-state index is 12.3. The number of amides is 1. The smallest absolute Gasteiger partial charge is 0.249 e. The number of hydrogen-bond acceptors (Lipinski definition) is 2. The zero-order chi connectivity index (χ0) is 11.7. The molecule has 16 heavy (non-hydrogen) atoms. The van der Waals surface area contributed by atoms with Crippen LogP contribution in [0.15, 0.2) is 11.1 Å². The van der Waals surface area contributed by atoms with Crippen LogP contribution in [0.25, 0.3) is 0 Å². The molecule has 1 unspecified atom stereocenters. The van der Waals surface area contributed by atoms with Gasteiger partial charge in [0.05, 0.1) is 0 Å². The number of carbonyl (C=O) groups is 1. The van der Waals surface area contributed by atoms with E-state index in [0.29, 0.717) is 12.0 Å². The average molecular weight is 222 g/mol. The van der Waals surface area contributed by atoms with Gasteiger partial charge >= 0.3 is 0 Å². The molecule has 0 aromatic carbocycles. The molecule has 0 radical (unpaired) electrons. The predicted molar refractivity (Wildman–Crippen MR) is 65.1 cm³/mol. The number of likely N-dealkylation sites (tertiary alicyclic amines) is 1. The molecule has 90 valence electrons. The Labute approximate surface area is 97.9 Å². The monoisotopic (exact) mass is 222 g/mol. The molecular formula is C13H22N2O. The fourth-order valence-corrected chi connectivity index (χ4v) is 2.62. The van der Waals surface area contributed by atoms with E-state index in [1.165, 1.54) is 12.0 Å². The minimum Gasteiger partial charge on any atom is -0.336 e. The van der Waals surface area contributed by atoms with Gasteiger partial charge in [0.15, 0.2) is 0 Å². The number of carbonyl (C=O) groups excluding carboxylic acids is 1. The van der Waals surface area contributed by atoms with Crippen molar-refractivity contribution >= 4 is 5.91 Å².